The van der Waals surface area contributed by atoms with Crippen LogP contribution in [-0.4, -0.2) is 7.11 Å². The summed E-state index contributed by atoms with van der Waals surface area (Å²) in [5.41, 5.74) is 0. The van der Waals surface area contributed by atoms with E-state index in [0.29, 0.717) is 4.83 Å². The Morgan fingerprint density at radius 2 is 2.13 bits per heavy atom. The van der Waals surface area contributed by atoms with E-state index in [2.05, 4.69) is 41.1 Å². The van der Waals surface area contributed by atoms with E-state index in [9.17, 15) is 0 Å². The lowest BCUT2D eigenvalue weighted by molar-refractivity contribution is 0.416. The summed E-state index contributed by atoms with van der Waals surface area (Å²) >= 11 is 7.26. The van der Waals surface area contributed by atoms with Crippen molar-refractivity contribution in [3.8, 4) is 5.75 Å². The second-order valence-electron chi connectivity index (χ2n) is 3.20. The first kappa shape index (κ1) is 11.2. The summed E-state index contributed by atoms with van der Waals surface area (Å²) in [6.07, 6.45) is 0. The van der Waals surface area contributed by atoms with Crippen molar-refractivity contribution in [2.75, 3.05) is 7.11 Å². The lowest BCUT2D eigenvalue weighted by Gasteiger charge is -2.03. The van der Waals surface area contributed by atoms with Crippen molar-refractivity contribution in [1.82, 2.24) is 0 Å². The van der Waals surface area contributed by atoms with Crippen LogP contribution >= 0.6 is 38.6 Å². The summed E-state index contributed by atoms with van der Waals surface area (Å²) in [6.45, 7) is 2.13. The molecule has 2 aromatic rings. The zero-order valence-corrected chi connectivity index (χ0v) is 11.7. The zero-order chi connectivity index (χ0) is 10.8. The van der Waals surface area contributed by atoms with Crippen LogP contribution in [0.1, 0.15) is 19.5 Å². The molecular formula is C11H11BrOS2. The number of alkyl halides is 1. The molecule has 80 valence electrons. The first-order valence-electron chi connectivity index (χ1n) is 4.53. The van der Waals surface area contributed by atoms with Gasteiger partial charge in [-0.1, -0.05) is 15.9 Å². The van der Waals surface area contributed by atoms with Crippen molar-refractivity contribution >= 4 is 38.6 Å². The van der Waals surface area contributed by atoms with E-state index >= 15 is 0 Å². The fourth-order valence-corrected chi connectivity index (χ4v) is 3.99. The van der Waals surface area contributed by atoms with Gasteiger partial charge in [0.15, 0.2) is 0 Å². The third-order valence-electron chi connectivity index (χ3n) is 2.09. The van der Waals surface area contributed by atoms with E-state index in [1.54, 1.807) is 18.4 Å². The van der Waals surface area contributed by atoms with Gasteiger partial charge >= 0.3 is 0 Å². The van der Waals surface area contributed by atoms with E-state index in [-0.39, 0.29) is 0 Å². The topological polar surface area (TPSA) is 9.23 Å². The van der Waals surface area contributed by atoms with E-state index in [1.807, 2.05) is 16.7 Å². The van der Waals surface area contributed by atoms with Gasteiger partial charge < -0.3 is 4.74 Å². The molecule has 4 heteroatoms. The number of thiophene rings is 2. The van der Waals surface area contributed by atoms with Gasteiger partial charge in [-0.2, -0.15) is 0 Å². The monoisotopic (exact) mass is 302 g/mol. The van der Waals surface area contributed by atoms with Crippen molar-refractivity contribution in [2.24, 2.45) is 0 Å². The third kappa shape index (κ3) is 2.44. The molecule has 0 spiro atoms. The molecule has 0 bridgehead atoms. The number of halogens is 1. The lowest BCUT2D eigenvalue weighted by atomic mass is 10.3. The van der Waals surface area contributed by atoms with Crippen molar-refractivity contribution < 1.29 is 4.74 Å². The van der Waals surface area contributed by atoms with E-state index in [0.717, 1.165) is 5.75 Å². The number of hydrogen-bond donors (Lipinski definition) is 0. The summed E-state index contributed by atoms with van der Waals surface area (Å²) in [7, 11) is 1.70. The SMILES string of the molecule is COc1csc(C(Br)c2ccc(C)s2)c1. The Kier molecular flexibility index (Phi) is 3.49. The maximum Gasteiger partial charge on any atom is 0.129 e. The van der Waals surface area contributed by atoms with E-state index in [4.69, 9.17) is 4.74 Å². The van der Waals surface area contributed by atoms with Crippen LogP contribution in [0, 0.1) is 6.92 Å². The van der Waals surface area contributed by atoms with Gasteiger partial charge in [0.25, 0.3) is 0 Å². The summed E-state index contributed by atoms with van der Waals surface area (Å²) < 4.78 is 5.18. The normalized spacial score (nSPS) is 12.7. The highest BCUT2D eigenvalue weighted by atomic mass is 79.9. The Hall–Kier alpha value is -0.320. The molecule has 0 aromatic carbocycles. The molecule has 15 heavy (non-hydrogen) atoms. The van der Waals surface area contributed by atoms with Crippen molar-refractivity contribution in [1.29, 1.82) is 0 Å². The van der Waals surface area contributed by atoms with E-state index in [1.165, 1.54) is 14.6 Å². The molecule has 0 radical (unpaired) electrons. The minimum atomic E-state index is 0.296. The van der Waals surface area contributed by atoms with Gasteiger partial charge in [0.05, 0.1) is 11.9 Å². The fourth-order valence-electron chi connectivity index (χ4n) is 1.30. The molecule has 1 atom stereocenters. The molecule has 0 aliphatic carbocycles. The zero-order valence-electron chi connectivity index (χ0n) is 8.49. The Bertz CT molecular complexity index is 447. The van der Waals surface area contributed by atoms with E-state index < -0.39 is 0 Å². The fraction of sp³-hybridized carbons (Fsp3) is 0.273. The van der Waals surface area contributed by atoms with Gasteiger partial charge in [0, 0.05) is 20.0 Å². The molecule has 0 saturated carbocycles. The van der Waals surface area contributed by atoms with Crippen LogP contribution in [-0.2, 0) is 0 Å². The van der Waals surface area contributed by atoms with Crippen LogP contribution in [0.4, 0.5) is 0 Å². The largest absolute Gasteiger partial charge is 0.496 e. The van der Waals surface area contributed by atoms with Crippen LogP contribution in [0.15, 0.2) is 23.6 Å². The molecule has 0 N–H and O–H groups in total. The second-order valence-corrected chi connectivity index (χ2v) is 6.38. The highest BCUT2D eigenvalue weighted by molar-refractivity contribution is 9.09. The highest BCUT2D eigenvalue weighted by Gasteiger charge is 2.14. The lowest BCUT2D eigenvalue weighted by Crippen LogP contribution is -1.84. The average molecular weight is 303 g/mol. The summed E-state index contributed by atoms with van der Waals surface area (Å²) in [5.74, 6) is 0.938. The van der Waals surface area contributed by atoms with Gasteiger partial charge in [-0.15, -0.1) is 22.7 Å². The number of methoxy groups -OCH3 is 1. The first-order chi connectivity index (χ1) is 7.20. The standard InChI is InChI=1S/C11H11BrOS2/c1-7-3-4-9(15-7)11(12)10-5-8(13-2)6-14-10/h3-6,11H,1-2H3. The molecule has 1 nitrogen and oxygen atoms in total. The van der Waals surface area contributed by atoms with Crippen LogP contribution in [0.3, 0.4) is 0 Å². The smallest absolute Gasteiger partial charge is 0.129 e. The first-order valence-corrected chi connectivity index (χ1v) is 7.14. The Morgan fingerprint density at radius 1 is 1.33 bits per heavy atom. The van der Waals surface area contributed by atoms with Crippen LogP contribution < -0.4 is 4.74 Å². The number of aryl methyl sites for hydroxylation is 1. The molecule has 2 rings (SSSR count). The van der Waals surface area contributed by atoms with Gasteiger partial charge in [-0.05, 0) is 25.1 Å². The van der Waals surface area contributed by atoms with Gasteiger partial charge in [0.1, 0.15) is 5.75 Å². The molecule has 2 aromatic heterocycles. The minimum absolute atomic E-state index is 0.296. The summed E-state index contributed by atoms with van der Waals surface area (Å²) in [6, 6.07) is 6.41. The molecule has 0 aliphatic heterocycles. The van der Waals surface area contributed by atoms with Crippen molar-refractivity contribution in [2.45, 2.75) is 11.8 Å². The molecular weight excluding hydrogens is 292 g/mol. The van der Waals surface area contributed by atoms with Crippen LogP contribution in [0.2, 0.25) is 0 Å². The molecule has 2 heterocycles. The molecule has 1 unspecified atom stereocenters. The average Bonchev–Trinajstić information content (AvgIpc) is 2.84. The summed E-state index contributed by atoms with van der Waals surface area (Å²) in [5, 5.41) is 2.03. The Balaban J connectivity index is 2.23. The van der Waals surface area contributed by atoms with Crippen LogP contribution in [0.25, 0.3) is 0 Å². The van der Waals surface area contributed by atoms with Gasteiger partial charge in [0.2, 0.25) is 0 Å². The minimum Gasteiger partial charge on any atom is -0.496 e. The predicted octanol–water partition coefficient (Wildman–Crippen LogP) is 4.61. The number of rotatable bonds is 3. The molecule has 0 amide bonds. The molecule has 0 fully saturated rings. The number of ether oxygens (including phenoxy) is 1. The van der Waals surface area contributed by atoms with Crippen LogP contribution in [0.5, 0.6) is 5.75 Å². The summed E-state index contributed by atoms with van der Waals surface area (Å²) in [4.78, 5) is 4.27. The number of hydrogen-bond acceptors (Lipinski definition) is 3. The van der Waals surface area contributed by atoms with Crippen molar-refractivity contribution in [3.63, 3.8) is 0 Å². The predicted molar refractivity (Wildman–Crippen MR) is 70.7 cm³/mol. The van der Waals surface area contributed by atoms with Gasteiger partial charge in [-0.3, -0.25) is 0 Å². The maximum absolute atomic E-state index is 5.18. The maximum atomic E-state index is 5.18. The second kappa shape index (κ2) is 4.68. The third-order valence-corrected chi connectivity index (χ3v) is 5.73. The molecule has 0 aliphatic rings. The Morgan fingerprint density at radius 3 is 2.67 bits per heavy atom. The highest BCUT2D eigenvalue weighted by Crippen LogP contribution is 2.39. The van der Waals surface area contributed by atoms with Crippen molar-refractivity contribution in [3.05, 3.63) is 38.2 Å². The Labute approximate surface area is 106 Å². The molecule has 0 saturated heterocycles. The quantitative estimate of drug-likeness (QED) is 0.752. The van der Waals surface area contributed by atoms with Gasteiger partial charge in [-0.25, -0.2) is 0 Å².